The van der Waals surface area contributed by atoms with Gasteiger partial charge in [0, 0.05) is 23.2 Å². The summed E-state index contributed by atoms with van der Waals surface area (Å²) in [5.74, 6) is -0.225. The average Bonchev–Trinajstić information content (AvgIpc) is 3.11. The first-order chi connectivity index (χ1) is 13.9. The second-order valence-electron chi connectivity index (χ2n) is 6.57. The Bertz CT molecular complexity index is 1240. The molecule has 0 bridgehead atoms. The summed E-state index contributed by atoms with van der Waals surface area (Å²) < 4.78 is 1.95. The number of carbonyl (C=O) groups is 1. The van der Waals surface area contributed by atoms with Gasteiger partial charge in [-0.3, -0.25) is 19.3 Å². The maximum Gasteiger partial charge on any atom is 0.269 e. The Morgan fingerprint density at radius 1 is 1.17 bits per heavy atom. The van der Waals surface area contributed by atoms with Crippen LogP contribution in [0.4, 0.5) is 11.4 Å². The zero-order valence-corrected chi connectivity index (χ0v) is 16.5. The van der Waals surface area contributed by atoms with Crippen molar-refractivity contribution < 1.29 is 9.72 Å². The summed E-state index contributed by atoms with van der Waals surface area (Å²) in [6.07, 6.45) is 0. The van der Waals surface area contributed by atoms with E-state index < -0.39 is 10.2 Å². The highest BCUT2D eigenvalue weighted by Crippen LogP contribution is 2.28. The number of pyridine rings is 1. The number of aryl methyl sites for hydroxylation is 1. The van der Waals surface area contributed by atoms with Crippen LogP contribution in [0, 0.1) is 17.0 Å². The lowest BCUT2D eigenvalue weighted by molar-refractivity contribution is -0.384. The highest BCUT2D eigenvalue weighted by molar-refractivity contribution is 8.00. The van der Waals surface area contributed by atoms with Crippen LogP contribution >= 0.6 is 11.8 Å². The Balaban J connectivity index is 1.57. The number of hydrogen-bond acceptors (Lipinski definition) is 6. The van der Waals surface area contributed by atoms with Gasteiger partial charge in [0.1, 0.15) is 0 Å². The van der Waals surface area contributed by atoms with Crippen molar-refractivity contribution in [3.8, 4) is 0 Å². The number of anilines is 1. The Morgan fingerprint density at radius 2 is 1.90 bits per heavy atom. The van der Waals surface area contributed by atoms with Crippen molar-refractivity contribution in [1.29, 1.82) is 0 Å². The molecule has 9 heteroatoms. The van der Waals surface area contributed by atoms with Crippen molar-refractivity contribution in [2.75, 3.05) is 5.32 Å². The van der Waals surface area contributed by atoms with Gasteiger partial charge in [-0.25, -0.2) is 0 Å². The number of para-hydroxylation sites is 1. The smallest absolute Gasteiger partial charge is 0.269 e. The summed E-state index contributed by atoms with van der Waals surface area (Å²) in [5, 5.41) is 23.3. The second-order valence-corrected chi connectivity index (χ2v) is 7.88. The molecule has 0 saturated carbocycles. The van der Waals surface area contributed by atoms with Crippen LogP contribution in [0.5, 0.6) is 0 Å². The standard InChI is InChI=1S/C20H17N5O3S/c1-12-11-18-22-23-20(24(18)17-6-4-3-5-16(12)17)29-13(2)19(26)21-14-7-9-15(10-8-14)25(27)28/h3-11,13H,1-2H3,(H,21,26)/t13-/m0/s1. The molecule has 8 nitrogen and oxygen atoms in total. The van der Waals surface area contributed by atoms with E-state index in [9.17, 15) is 14.9 Å². The van der Waals surface area contributed by atoms with E-state index in [1.54, 1.807) is 6.92 Å². The second kappa shape index (κ2) is 7.51. The maximum atomic E-state index is 12.6. The van der Waals surface area contributed by atoms with E-state index in [4.69, 9.17) is 0 Å². The van der Waals surface area contributed by atoms with Crippen LogP contribution in [-0.4, -0.2) is 30.7 Å². The van der Waals surface area contributed by atoms with Crippen LogP contribution in [0.3, 0.4) is 0 Å². The summed E-state index contributed by atoms with van der Waals surface area (Å²) in [6, 6.07) is 15.7. The Kier molecular flexibility index (Phi) is 4.89. The van der Waals surface area contributed by atoms with Crippen LogP contribution in [0.15, 0.2) is 59.8 Å². The highest BCUT2D eigenvalue weighted by Gasteiger charge is 2.20. The first-order valence-corrected chi connectivity index (χ1v) is 9.77. The molecule has 4 aromatic rings. The van der Waals surface area contributed by atoms with Crippen molar-refractivity contribution in [2.45, 2.75) is 24.3 Å². The third-order valence-corrected chi connectivity index (χ3v) is 5.61. The molecule has 1 amide bonds. The first kappa shape index (κ1) is 18.9. The average molecular weight is 407 g/mol. The molecule has 2 aromatic carbocycles. The maximum absolute atomic E-state index is 12.6. The number of nitro groups is 1. The van der Waals surface area contributed by atoms with Gasteiger partial charge in [0.05, 0.1) is 15.7 Å². The fourth-order valence-corrected chi connectivity index (χ4v) is 3.94. The van der Waals surface area contributed by atoms with Crippen molar-refractivity contribution >= 4 is 45.6 Å². The van der Waals surface area contributed by atoms with Crippen LogP contribution < -0.4 is 5.32 Å². The van der Waals surface area contributed by atoms with E-state index in [1.807, 2.05) is 41.7 Å². The number of amides is 1. The molecule has 0 fully saturated rings. The van der Waals surface area contributed by atoms with Crippen molar-refractivity contribution in [3.63, 3.8) is 0 Å². The SMILES string of the molecule is Cc1cc2nnc(S[C@@H](C)C(=O)Nc3ccc([N+](=O)[O-])cc3)n2c2ccccc12. The molecule has 2 heterocycles. The Labute approximate surface area is 170 Å². The van der Waals surface area contributed by atoms with Crippen LogP contribution in [0.2, 0.25) is 0 Å². The molecule has 1 atom stereocenters. The zero-order valence-electron chi connectivity index (χ0n) is 15.7. The molecule has 4 rings (SSSR count). The number of nitrogens with one attached hydrogen (secondary N) is 1. The molecule has 2 aromatic heterocycles. The fraction of sp³-hybridized carbons (Fsp3) is 0.150. The van der Waals surface area contributed by atoms with Gasteiger partial charge in [0.2, 0.25) is 5.91 Å². The molecular weight excluding hydrogens is 390 g/mol. The number of nitro benzene ring substituents is 1. The fourth-order valence-electron chi connectivity index (χ4n) is 3.07. The van der Waals surface area contributed by atoms with E-state index in [-0.39, 0.29) is 11.6 Å². The van der Waals surface area contributed by atoms with E-state index in [0.29, 0.717) is 10.8 Å². The molecule has 0 unspecified atom stereocenters. The molecule has 146 valence electrons. The molecule has 0 saturated heterocycles. The van der Waals surface area contributed by atoms with E-state index in [0.717, 1.165) is 22.1 Å². The summed E-state index contributed by atoms with van der Waals surface area (Å²) in [7, 11) is 0. The number of nitrogens with zero attached hydrogens (tertiary/aromatic N) is 4. The van der Waals surface area contributed by atoms with Crippen molar-refractivity contribution in [1.82, 2.24) is 14.6 Å². The third kappa shape index (κ3) is 3.64. The summed E-state index contributed by atoms with van der Waals surface area (Å²) in [5.41, 5.74) is 3.30. The number of non-ortho nitro benzene ring substituents is 1. The van der Waals surface area contributed by atoms with Crippen molar-refractivity contribution in [3.05, 3.63) is 70.3 Å². The van der Waals surface area contributed by atoms with Gasteiger partial charge in [-0.05, 0) is 43.7 Å². The van der Waals surface area contributed by atoms with Gasteiger partial charge in [-0.15, -0.1) is 10.2 Å². The predicted molar refractivity (Wildman–Crippen MR) is 112 cm³/mol. The lowest BCUT2D eigenvalue weighted by atomic mass is 10.1. The predicted octanol–water partition coefficient (Wildman–Crippen LogP) is 4.22. The van der Waals surface area contributed by atoms with E-state index in [2.05, 4.69) is 15.5 Å². The van der Waals surface area contributed by atoms with Gasteiger partial charge in [-0.2, -0.15) is 0 Å². The van der Waals surface area contributed by atoms with Gasteiger partial charge in [-0.1, -0.05) is 30.0 Å². The van der Waals surface area contributed by atoms with Gasteiger partial charge < -0.3 is 5.32 Å². The number of benzene rings is 2. The van der Waals surface area contributed by atoms with Crippen LogP contribution in [0.25, 0.3) is 16.6 Å². The molecule has 0 spiro atoms. The minimum atomic E-state index is -0.480. The topological polar surface area (TPSA) is 102 Å². The van der Waals surface area contributed by atoms with Crippen LogP contribution in [0.1, 0.15) is 12.5 Å². The summed E-state index contributed by atoms with van der Waals surface area (Å²) in [4.78, 5) is 22.8. The number of hydrogen-bond donors (Lipinski definition) is 1. The molecule has 0 aliphatic heterocycles. The van der Waals surface area contributed by atoms with Gasteiger partial charge in [0.25, 0.3) is 5.69 Å². The van der Waals surface area contributed by atoms with Crippen molar-refractivity contribution in [2.24, 2.45) is 0 Å². The van der Waals surface area contributed by atoms with Crippen LogP contribution in [-0.2, 0) is 4.79 Å². The minimum Gasteiger partial charge on any atom is -0.325 e. The lowest BCUT2D eigenvalue weighted by Gasteiger charge is -2.12. The summed E-state index contributed by atoms with van der Waals surface area (Å²) in [6.45, 7) is 3.81. The number of fused-ring (bicyclic) bond motifs is 3. The van der Waals surface area contributed by atoms with Gasteiger partial charge >= 0.3 is 0 Å². The largest absolute Gasteiger partial charge is 0.325 e. The molecule has 1 N–H and O–H groups in total. The molecule has 29 heavy (non-hydrogen) atoms. The van der Waals surface area contributed by atoms with E-state index >= 15 is 0 Å². The van der Waals surface area contributed by atoms with E-state index in [1.165, 1.54) is 36.0 Å². The number of rotatable bonds is 5. The molecule has 0 aliphatic carbocycles. The highest BCUT2D eigenvalue weighted by atomic mass is 32.2. The molecular formula is C20H17N5O3S. The number of thioether (sulfide) groups is 1. The Hall–Kier alpha value is -3.46. The lowest BCUT2D eigenvalue weighted by Crippen LogP contribution is -2.22. The summed E-state index contributed by atoms with van der Waals surface area (Å²) >= 11 is 1.30. The quantitative estimate of drug-likeness (QED) is 0.302. The third-order valence-electron chi connectivity index (χ3n) is 4.57. The minimum absolute atomic E-state index is 0.0254. The normalized spacial score (nSPS) is 12.2. The zero-order chi connectivity index (χ0) is 20.5. The molecule has 0 radical (unpaired) electrons. The van der Waals surface area contributed by atoms with Gasteiger partial charge in [0.15, 0.2) is 10.8 Å². The molecule has 0 aliphatic rings. The first-order valence-electron chi connectivity index (χ1n) is 8.89. The Morgan fingerprint density at radius 3 is 2.62 bits per heavy atom. The number of aromatic nitrogens is 3. The monoisotopic (exact) mass is 407 g/mol. The number of carbonyl (C=O) groups excluding carboxylic acids is 1.